The Bertz CT molecular complexity index is 212. The zero-order valence-corrected chi connectivity index (χ0v) is 9.73. The number of nitrogens with zero attached hydrogens (tertiary/aromatic N) is 1. The van der Waals surface area contributed by atoms with Gasteiger partial charge in [0, 0.05) is 13.6 Å². The fraction of sp³-hybridized carbons (Fsp3) is 1.00. The van der Waals surface area contributed by atoms with Crippen molar-refractivity contribution in [1.29, 1.82) is 0 Å². The Morgan fingerprint density at radius 2 is 1.69 bits per heavy atom. The van der Waals surface area contributed by atoms with Crippen LogP contribution in [0.5, 0.6) is 0 Å². The highest BCUT2D eigenvalue weighted by atomic mass is 32.2. The molecule has 0 N–H and O–H groups in total. The summed E-state index contributed by atoms with van der Waals surface area (Å²) in [5.74, 6) is 0.303. The van der Waals surface area contributed by atoms with Crippen molar-refractivity contribution in [3.05, 3.63) is 0 Å². The van der Waals surface area contributed by atoms with Crippen molar-refractivity contribution in [3.63, 3.8) is 0 Å². The van der Waals surface area contributed by atoms with Crippen molar-refractivity contribution < 1.29 is 8.42 Å². The van der Waals surface area contributed by atoms with Gasteiger partial charge in [0.1, 0.15) is 0 Å². The third-order valence-electron chi connectivity index (χ3n) is 2.02. The van der Waals surface area contributed by atoms with Gasteiger partial charge in [-0.3, -0.25) is 0 Å². The van der Waals surface area contributed by atoms with E-state index in [1.165, 1.54) is 4.31 Å². The molecule has 0 aliphatic rings. The molecule has 4 heteroatoms. The number of rotatable bonds is 7. The average molecular weight is 207 g/mol. The third kappa shape index (κ3) is 5.26. The van der Waals surface area contributed by atoms with Crippen LogP contribution in [0.25, 0.3) is 0 Å². The van der Waals surface area contributed by atoms with E-state index in [0.717, 1.165) is 25.7 Å². The Morgan fingerprint density at radius 3 is 2.15 bits per heavy atom. The van der Waals surface area contributed by atoms with Crippen LogP contribution >= 0.6 is 0 Å². The first-order valence-corrected chi connectivity index (χ1v) is 6.59. The minimum atomic E-state index is -2.96. The molecule has 0 aliphatic heterocycles. The molecular weight excluding hydrogens is 186 g/mol. The van der Waals surface area contributed by atoms with Crippen LogP contribution in [-0.2, 0) is 10.0 Å². The van der Waals surface area contributed by atoms with E-state index < -0.39 is 10.0 Å². The lowest BCUT2D eigenvalue weighted by Crippen LogP contribution is -2.29. The molecule has 80 valence electrons. The summed E-state index contributed by atoms with van der Waals surface area (Å²) in [7, 11) is -1.30. The highest BCUT2D eigenvalue weighted by Crippen LogP contribution is 2.04. The molecule has 0 aromatic rings. The lowest BCUT2D eigenvalue weighted by atomic mass is 10.3. The summed E-state index contributed by atoms with van der Waals surface area (Å²) in [6.45, 7) is 4.69. The number of unbranched alkanes of at least 4 members (excludes halogenated alkanes) is 2. The molecule has 0 saturated heterocycles. The molecule has 3 nitrogen and oxygen atoms in total. The van der Waals surface area contributed by atoms with E-state index in [1.54, 1.807) is 7.05 Å². The quantitative estimate of drug-likeness (QED) is 0.597. The molecule has 0 radical (unpaired) electrons. The molecule has 0 aromatic carbocycles. The first kappa shape index (κ1) is 12.9. The van der Waals surface area contributed by atoms with Crippen LogP contribution in [0.3, 0.4) is 0 Å². The lowest BCUT2D eigenvalue weighted by molar-refractivity contribution is 0.466. The lowest BCUT2D eigenvalue weighted by Gasteiger charge is -2.15. The molecule has 0 spiro atoms. The SMILES string of the molecule is CCCCCS(=O)(=O)N(C)CCC. The molecule has 0 fully saturated rings. The minimum absolute atomic E-state index is 0.303. The number of hydrogen-bond donors (Lipinski definition) is 0. The Balaban J connectivity index is 3.92. The molecule has 0 rings (SSSR count). The van der Waals surface area contributed by atoms with Crippen LogP contribution in [0.1, 0.15) is 39.5 Å². The first-order valence-electron chi connectivity index (χ1n) is 4.98. The van der Waals surface area contributed by atoms with Crippen LogP contribution in [0, 0.1) is 0 Å². The Labute approximate surface area is 82.2 Å². The van der Waals surface area contributed by atoms with Gasteiger partial charge in [0.15, 0.2) is 0 Å². The molecule has 0 amide bonds. The summed E-state index contributed by atoms with van der Waals surface area (Å²) in [4.78, 5) is 0. The topological polar surface area (TPSA) is 37.4 Å². The molecular formula is C9H21NO2S. The first-order chi connectivity index (χ1) is 6.04. The van der Waals surface area contributed by atoms with Crippen LogP contribution in [0.2, 0.25) is 0 Å². The van der Waals surface area contributed by atoms with Gasteiger partial charge >= 0.3 is 0 Å². The molecule has 0 atom stereocenters. The van der Waals surface area contributed by atoms with Gasteiger partial charge in [-0.25, -0.2) is 12.7 Å². The van der Waals surface area contributed by atoms with E-state index in [9.17, 15) is 8.42 Å². The molecule has 0 saturated carbocycles. The maximum absolute atomic E-state index is 11.5. The van der Waals surface area contributed by atoms with Gasteiger partial charge in [0.05, 0.1) is 5.75 Å². The monoisotopic (exact) mass is 207 g/mol. The van der Waals surface area contributed by atoms with Crippen molar-refractivity contribution in [3.8, 4) is 0 Å². The second-order valence-electron chi connectivity index (χ2n) is 3.34. The van der Waals surface area contributed by atoms with Gasteiger partial charge in [0.2, 0.25) is 10.0 Å². The van der Waals surface area contributed by atoms with Gasteiger partial charge in [-0.2, -0.15) is 0 Å². The average Bonchev–Trinajstić information content (AvgIpc) is 2.05. The summed E-state index contributed by atoms with van der Waals surface area (Å²) in [6, 6.07) is 0. The molecule has 0 bridgehead atoms. The van der Waals surface area contributed by atoms with Gasteiger partial charge in [-0.05, 0) is 12.8 Å². The zero-order chi connectivity index (χ0) is 10.3. The molecule has 0 aromatic heterocycles. The molecule has 13 heavy (non-hydrogen) atoms. The van der Waals surface area contributed by atoms with Gasteiger partial charge < -0.3 is 0 Å². The van der Waals surface area contributed by atoms with Crippen LogP contribution < -0.4 is 0 Å². The minimum Gasteiger partial charge on any atom is -0.212 e. The smallest absolute Gasteiger partial charge is 0.212 e. The van der Waals surface area contributed by atoms with Gasteiger partial charge in [0.25, 0.3) is 0 Å². The van der Waals surface area contributed by atoms with Crippen molar-refractivity contribution in [1.82, 2.24) is 4.31 Å². The summed E-state index contributed by atoms with van der Waals surface area (Å²) in [5, 5.41) is 0. The highest BCUT2D eigenvalue weighted by molar-refractivity contribution is 7.89. The predicted molar refractivity (Wildman–Crippen MR) is 56.2 cm³/mol. The van der Waals surface area contributed by atoms with Crippen molar-refractivity contribution >= 4 is 10.0 Å². The summed E-state index contributed by atoms with van der Waals surface area (Å²) < 4.78 is 24.5. The maximum Gasteiger partial charge on any atom is 0.213 e. The van der Waals surface area contributed by atoms with Gasteiger partial charge in [-0.15, -0.1) is 0 Å². The summed E-state index contributed by atoms with van der Waals surface area (Å²) in [5.41, 5.74) is 0. The third-order valence-corrected chi connectivity index (χ3v) is 3.96. The fourth-order valence-corrected chi connectivity index (χ4v) is 2.49. The van der Waals surface area contributed by atoms with Crippen molar-refractivity contribution in [2.24, 2.45) is 0 Å². The van der Waals surface area contributed by atoms with E-state index in [0.29, 0.717) is 12.3 Å². The number of sulfonamides is 1. The number of hydrogen-bond acceptors (Lipinski definition) is 2. The molecule has 0 unspecified atom stereocenters. The predicted octanol–water partition coefficient (Wildman–Crippen LogP) is 1.85. The Morgan fingerprint density at radius 1 is 1.08 bits per heavy atom. The van der Waals surface area contributed by atoms with E-state index in [1.807, 2.05) is 6.92 Å². The van der Waals surface area contributed by atoms with Gasteiger partial charge in [-0.1, -0.05) is 26.7 Å². The van der Waals surface area contributed by atoms with Crippen molar-refractivity contribution in [2.45, 2.75) is 39.5 Å². The fourth-order valence-electron chi connectivity index (χ4n) is 1.14. The Kier molecular flexibility index (Phi) is 6.33. The summed E-state index contributed by atoms with van der Waals surface area (Å²) >= 11 is 0. The Hall–Kier alpha value is -0.0900. The largest absolute Gasteiger partial charge is 0.213 e. The maximum atomic E-state index is 11.5. The highest BCUT2D eigenvalue weighted by Gasteiger charge is 2.15. The van der Waals surface area contributed by atoms with E-state index in [4.69, 9.17) is 0 Å². The van der Waals surface area contributed by atoms with E-state index in [2.05, 4.69) is 6.92 Å². The van der Waals surface area contributed by atoms with Crippen molar-refractivity contribution in [2.75, 3.05) is 19.3 Å². The molecule has 0 heterocycles. The van der Waals surface area contributed by atoms with Crippen LogP contribution in [-0.4, -0.2) is 32.1 Å². The standard InChI is InChI=1S/C9H21NO2S/c1-4-6-7-9-13(11,12)10(3)8-5-2/h4-9H2,1-3H3. The van der Waals surface area contributed by atoms with Crippen LogP contribution in [0.15, 0.2) is 0 Å². The summed E-state index contributed by atoms with van der Waals surface area (Å²) in [6.07, 6.45) is 3.72. The zero-order valence-electron chi connectivity index (χ0n) is 8.91. The van der Waals surface area contributed by atoms with Crippen LogP contribution in [0.4, 0.5) is 0 Å². The second kappa shape index (κ2) is 6.38. The molecule has 0 aliphatic carbocycles. The normalized spacial score (nSPS) is 12.3. The van der Waals surface area contributed by atoms with E-state index in [-0.39, 0.29) is 0 Å². The van der Waals surface area contributed by atoms with E-state index >= 15 is 0 Å². The second-order valence-corrected chi connectivity index (χ2v) is 5.54.